The number of hydrogen-bond acceptors (Lipinski definition) is 8. The molecule has 0 unspecified atom stereocenters. The average molecular weight is 555 g/mol. The highest BCUT2D eigenvalue weighted by atomic mass is 32.2. The molecule has 194 valence electrons. The van der Waals surface area contributed by atoms with Crippen molar-refractivity contribution < 1.29 is 14.3 Å². The minimum atomic E-state index is -0.478. The first kappa shape index (κ1) is 27.1. The van der Waals surface area contributed by atoms with Gasteiger partial charge in [-0.25, -0.2) is 4.79 Å². The van der Waals surface area contributed by atoms with Gasteiger partial charge in [0, 0.05) is 33.3 Å². The molecule has 1 amide bonds. The Morgan fingerprint density at radius 1 is 1.05 bits per heavy atom. The van der Waals surface area contributed by atoms with Crippen molar-refractivity contribution in [3.05, 3.63) is 56.1 Å². The highest BCUT2D eigenvalue weighted by Gasteiger charge is 2.24. The number of aryl methyl sites for hydroxylation is 3. The molecule has 0 radical (unpaired) electrons. The molecule has 0 saturated heterocycles. The number of nitrogens with one attached hydrogen (secondary N) is 1. The summed E-state index contributed by atoms with van der Waals surface area (Å²) in [7, 11) is 1.35. The van der Waals surface area contributed by atoms with Gasteiger partial charge in [0.1, 0.15) is 10.6 Å². The molecule has 0 saturated carbocycles. The van der Waals surface area contributed by atoms with E-state index >= 15 is 0 Å². The number of hydrogen-bond donors (Lipinski definition) is 1. The summed E-state index contributed by atoms with van der Waals surface area (Å²) in [5, 5.41) is 17.0. The molecule has 1 N–H and O–H groups in total. The van der Waals surface area contributed by atoms with Crippen molar-refractivity contribution in [1.82, 2.24) is 14.8 Å². The van der Waals surface area contributed by atoms with Gasteiger partial charge in [-0.1, -0.05) is 42.4 Å². The van der Waals surface area contributed by atoms with Gasteiger partial charge in [-0.15, -0.1) is 32.9 Å². The Kier molecular flexibility index (Phi) is 8.51. The summed E-state index contributed by atoms with van der Waals surface area (Å²) in [6.45, 7) is 11.1. The van der Waals surface area contributed by atoms with E-state index in [0.717, 1.165) is 46.6 Å². The fourth-order valence-corrected chi connectivity index (χ4v) is 6.62. The molecular weight excluding hydrogens is 525 g/mol. The number of nitrogens with zero attached hydrogens (tertiary/aromatic N) is 3. The van der Waals surface area contributed by atoms with E-state index in [4.69, 9.17) is 4.74 Å². The quantitative estimate of drug-likeness (QED) is 0.179. The molecule has 3 aromatic heterocycles. The largest absolute Gasteiger partial charge is 0.465 e. The number of ether oxygens (including phenoxy) is 1. The summed E-state index contributed by atoms with van der Waals surface area (Å²) in [5.74, 6) is 0.269. The zero-order valence-corrected chi connectivity index (χ0v) is 24.2. The molecule has 0 aliphatic heterocycles. The SMILES string of the molecule is CCCn1c(SCC(=O)Nc2scc(-c3cc(C)ccc3C)c2C(=O)OC)nnc1-c1csc(C)c1C. The number of amides is 1. The Bertz CT molecular complexity index is 1450. The predicted octanol–water partition coefficient (Wildman–Crippen LogP) is 6.90. The van der Waals surface area contributed by atoms with Crippen molar-refractivity contribution in [2.45, 2.75) is 52.7 Å². The number of thiophene rings is 2. The number of anilines is 1. The van der Waals surface area contributed by atoms with Gasteiger partial charge in [-0.3, -0.25) is 4.79 Å². The summed E-state index contributed by atoms with van der Waals surface area (Å²) in [5.41, 5.74) is 6.51. The number of carbonyl (C=O) groups is 2. The summed E-state index contributed by atoms with van der Waals surface area (Å²) < 4.78 is 7.15. The van der Waals surface area contributed by atoms with Crippen LogP contribution in [-0.2, 0) is 16.1 Å². The molecule has 3 heterocycles. The van der Waals surface area contributed by atoms with Gasteiger partial charge >= 0.3 is 5.97 Å². The normalized spacial score (nSPS) is 11.1. The van der Waals surface area contributed by atoms with Crippen molar-refractivity contribution in [1.29, 1.82) is 0 Å². The zero-order chi connectivity index (χ0) is 26.7. The second kappa shape index (κ2) is 11.6. The van der Waals surface area contributed by atoms with Crippen LogP contribution in [0.5, 0.6) is 0 Å². The number of aromatic nitrogens is 3. The summed E-state index contributed by atoms with van der Waals surface area (Å²) >= 11 is 4.36. The zero-order valence-electron chi connectivity index (χ0n) is 21.8. The summed E-state index contributed by atoms with van der Waals surface area (Å²) in [6, 6.07) is 6.10. The molecule has 0 fully saturated rings. The van der Waals surface area contributed by atoms with Gasteiger partial charge < -0.3 is 14.6 Å². The van der Waals surface area contributed by atoms with Crippen molar-refractivity contribution in [3.63, 3.8) is 0 Å². The van der Waals surface area contributed by atoms with Crippen LogP contribution in [0, 0.1) is 27.7 Å². The maximum absolute atomic E-state index is 13.0. The molecule has 10 heteroatoms. The van der Waals surface area contributed by atoms with E-state index in [2.05, 4.69) is 46.2 Å². The highest BCUT2D eigenvalue weighted by molar-refractivity contribution is 7.99. The van der Waals surface area contributed by atoms with Crippen molar-refractivity contribution in [2.24, 2.45) is 0 Å². The Balaban J connectivity index is 1.55. The summed E-state index contributed by atoms with van der Waals surface area (Å²) in [6.07, 6.45) is 0.922. The number of rotatable bonds is 9. The van der Waals surface area contributed by atoms with E-state index in [1.54, 1.807) is 11.3 Å². The molecule has 4 rings (SSSR count). The first-order valence-corrected chi connectivity index (χ1v) is 14.7. The van der Waals surface area contributed by atoms with Crippen LogP contribution in [-0.4, -0.2) is 39.5 Å². The molecule has 0 aliphatic carbocycles. The van der Waals surface area contributed by atoms with E-state index in [0.29, 0.717) is 15.7 Å². The Morgan fingerprint density at radius 2 is 1.81 bits per heavy atom. The number of esters is 1. The lowest BCUT2D eigenvalue weighted by Crippen LogP contribution is -2.16. The first-order valence-electron chi connectivity index (χ1n) is 11.9. The lowest BCUT2D eigenvalue weighted by molar-refractivity contribution is -0.113. The lowest BCUT2D eigenvalue weighted by atomic mass is 9.97. The van der Waals surface area contributed by atoms with Crippen LogP contribution in [0.2, 0.25) is 0 Å². The van der Waals surface area contributed by atoms with Crippen LogP contribution in [0.1, 0.15) is 45.3 Å². The molecule has 0 atom stereocenters. The smallest absolute Gasteiger partial charge is 0.341 e. The minimum Gasteiger partial charge on any atom is -0.465 e. The van der Waals surface area contributed by atoms with Crippen LogP contribution in [0.25, 0.3) is 22.5 Å². The Labute approximate surface area is 229 Å². The van der Waals surface area contributed by atoms with Gasteiger partial charge in [0.25, 0.3) is 0 Å². The van der Waals surface area contributed by atoms with Crippen molar-refractivity contribution in [2.75, 3.05) is 18.2 Å². The Morgan fingerprint density at radius 3 is 2.49 bits per heavy atom. The third kappa shape index (κ3) is 5.66. The monoisotopic (exact) mass is 554 g/mol. The van der Waals surface area contributed by atoms with Gasteiger partial charge in [-0.05, 0) is 50.8 Å². The molecule has 7 nitrogen and oxygen atoms in total. The van der Waals surface area contributed by atoms with Crippen molar-refractivity contribution in [3.8, 4) is 22.5 Å². The topological polar surface area (TPSA) is 86.1 Å². The third-order valence-electron chi connectivity index (χ3n) is 6.14. The third-order valence-corrected chi connectivity index (χ3v) is 9.02. The Hall–Kier alpha value is -2.95. The standard InChI is InChI=1S/C27H30N4O3S3/c1-7-10-31-24(20-12-35-18(5)17(20)4)29-30-27(31)37-14-22(32)28-25-23(26(33)34-6)21(13-36-25)19-11-15(2)8-9-16(19)3/h8-9,11-13H,7,10,14H2,1-6H3,(H,28,32). The van der Waals surface area contributed by atoms with Crippen LogP contribution >= 0.6 is 34.4 Å². The van der Waals surface area contributed by atoms with E-state index in [1.807, 2.05) is 37.4 Å². The maximum atomic E-state index is 13.0. The summed E-state index contributed by atoms with van der Waals surface area (Å²) in [4.78, 5) is 27.0. The van der Waals surface area contributed by atoms with Crippen LogP contribution < -0.4 is 5.32 Å². The van der Waals surface area contributed by atoms with Crippen LogP contribution in [0.15, 0.2) is 34.1 Å². The lowest BCUT2D eigenvalue weighted by Gasteiger charge is -2.11. The van der Waals surface area contributed by atoms with E-state index in [1.165, 1.54) is 40.6 Å². The van der Waals surface area contributed by atoms with Gasteiger partial charge in [0.2, 0.25) is 5.91 Å². The fourth-order valence-electron chi connectivity index (χ4n) is 4.03. The first-order chi connectivity index (χ1) is 17.7. The molecule has 37 heavy (non-hydrogen) atoms. The van der Waals surface area contributed by atoms with E-state index in [-0.39, 0.29) is 11.7 Å². The second-order valence-electron chi connectivity index (χ2n) is 8.79. The van der Waals surface area contributed by atoms with Crippen molar-refractivity contribution >= 4 is 51.3 Å². The number of thioether (sulfide) groups is 1. The minimum absolute atomic E-state index is 0.140. The van der Waals surface area contributed by atoms with Gasteiger partial charge in [0.15, 0.2) is 11.0 Å². The van der Waals surface area contributed by atoms with E-state index < -0.39 is 5.97 Å². The second-order valence-corrected chi connectivity index (χ2v) is 11.7. The molecular formula is C27H30N4O3S3. The number of carbonyl (C=O) groups excluding carboxylic acids is 2. The predicted molar refractivity (Wildman–Crippen MR) is 153 cm³/mol. The van der Waals surface area contributed by atoms with Crippen LogP contribution in [0.3, 0.4) is 0 Å². The number of methoxy groups -OCH3 is 1. The molecule has 0 aliphatic rings. The maximum Gasteiger partial charge on any atom is 0.341 e. The molecule has 4 aromatic rings. The molecule has 0 bridgehead atoms. The number of benzene rings is 1. The fraction of sp³-hybridized carbons (Fsp3) is 0.333. The van der Waals surface area contributed by atoms with Gasteiger partial charge in [0.05, 0.1) is 12.9 Å². The molecule has 1 aromatic carbocycles. The van der Waals surface area contributed by atoms with Gasteiger partial charge in [-0.2, -0.15) is 0 Å². The van der Waals surface area contributed by atoms with Crippen LogP contribution in [0.4, 0.5) is 5.00 Å². The molecule has 0 spiro atoms. The highest BCUT2D eigenvalue weighted by Crippen LogP contribution is 2.38. The average Bonchev–Trinajstić information content (AvgIpc) is 3.57. The van der Waals surface area contributed by atoms with E-state index in [9.17, 15) is 9.59 Å².